The number of anilines is 1. The Hall–Kier alpha value is -2.29. The lowest BCUT2D eigenvalue weighted by Gasteiger charge is -2.10. The molecule has 2 rings (SSSR count). The van der Waals surface area contributed by atoms with Crippen LogP contribution in [-0.2, 0) is 6.54 Å². The van der Waals surface area contributed by atoms with Crippen LogP contribution in [0, 0.1) is 13.8 Å². The van der Waals surface area contributed by atoms with E-state index in [4.69, 9.17) is 5.11 Å². The van der Waals surface area contributed by atoms with Gasteiger partial charge in [0.05, 0.1) is 5.56 Å². The number of benzene rings is 2. The fourth-order valence-electron chi connectivity index (χ4n) is 1.92. The molecular formula is C16H17NO2. The van der Waals surface area contributed by atoms with Crippen LogP contribution in [-0.4, -0.2) is 11.1 Å². The molecule has 3 heteroatoms. The van der Waals surface area contributed by atoms with Crippen LogP contribution in [0.5, 0.6) is 0 Å². The van der Waals surface area contributed by atoms with E-state index in [1.165, 1.54) is 16.7 Å². The molecule has 0 bridgehead atoms. The topological polar surface area (TPSA) is 49.3 Å². The van der Waals surface area contributed by atoms with Crippen LogP contribution in [0.2, 0.25) is 0 Å². The van der Waals surface area contributed by atoms with Gasteiger partial charge in [0.1, 0.15) is 0 Å². The summed E-state index contributed by atoms with van der Waals surface area (Å²) in [6.45, 7) is 4.90. The van der Waals surface area contributed by atoms with E-state index in [-0.39, 0.29) is 0 Å². The zero-order valence-electron chi connectivity index (χ0n) is 11.1. The number of aromatic carboxylic acids is 1. The molecule has 0 unspecified atom stereocenters. The summed E-state index contributed by atoms with van der Waals surface area (Å²) < 4.78 is 0. The number of hydrogen-bond acceptors (Lipinski definition) is 2. The maximum Gasteiger partial charge on any atom is 0.335 e. The van der Waals surface area contributed by atoms with Crippen LogP contribution >= 0.6 is 0 Å². The highest BCUT2D eigenvalue weighted by Crippen LogP contribution is 2.14. The third-order valence-electron chi connectivity index (χ3n) is 3.12. The zero-order chi connectivity index (χ0) is 13.8. The second-order valence-electron chi connectivity index (χ2n) is 4.67. The molecule has 0 aliphatic heterocycles. The molecule has 0 saturated heterocycles. The molecule has 0 aromatic heterocycles. The molecule has 98 valence electrons. The molecule has 0 fully saturated rings. The number of aryl methyl sites for hydroxylation is 2. The van der Waals surface area contributed by atoms with E-state index in [1.807, 2.05) is 0 Å². The van der Waals surface area contributed by atoms with Crippen molar-refractivity contribution in [1.29, 1.82) is 0 Å². The summed E-state index contributed by atoms with van der Waals surface area (Å²) in [5.41, 5.74) is 4.97. The van der Waals surface area contributed by atoms with E-state index in [1.54, 1.807) is 24.3 Å². The number of rotatable bonds is 4. The third kappa shape index (κ3) is 3.35. The number of carboxylic acids is 1. The first-order valence-corrected chi connectivity index (χ1v) is 6.19. The van der Waals surface area contributed by atoms with Gasteiger partial charge in [-0.25, -0.2) is 4.79 Å². The van der Waals surface area contributed by atoms with Gasteiger partial charge in [0.2, 0.25) is 0 Å². The molecule has 2 N–H and O–H groups in total. The Morgan fingerprint density at radius 2 is 1.79 bits per heavy atom. The fourth-order valence-corrected chi connectivity index (χ4v) is 1.92. The van der Waals surface area contributed by atoms with Gasteiger partial charge >= 0.3 is 5.97 Å². The van der Waals surface area contributed by atoms with Gasteiger partial charge in [0, 0.05) is 12.2 Å². The van der Waals surface area contributed by atoms with E-state index >= 15 is 0 Å². The van der Waals surface area contributed by atoms with Crippen LogP contribution in [0.25, 0.3) is 0 Å². The molecule has 0 radical (unpaired) electrons. The Morgan fingerprint density at radius 1 is 1.11 bits per heavy atom. The maximum atomic E-state index is 10.8. The molecule has 2 aromatic rings. The lowest BCUT2D eigenvalue weighted by molar-refractivity contribution is 0.0697. The lowest BCUT2D eigenvalue weighted by atomic mass is 10.1. The Bertz CT molecular complexity index is 588. The first-order valence-electron chi connectivity index (χ1n) is 6.19. The summed E-state index contributed by atoms with van der Waals surface area (Å²) in [5.74, 6) is -0.902. The first kappa shape index (κ1) is 13.1. The number of nitrogens with one attached hydrogen (secondary N) is 1. The lowest BCUT2D eigenvalue weighted by Crippen LogP contribution is -2.02. The Labute approximate surface area is 112 Å². The summed E-state index contributed by atoms with van der Waals surface area (Å²) >= 11 is 0. The number of hydrogen-bond donors (Lipinski definition) is 2. The standard InChI is InChI=1S/C16H17NO2/c1-11-3-4-12(2)14(9-11)10-17-15-7-5-13(6-8-15)16(18)19/h3-9,17H,10H2,1-2H3,(H,18,19). The van der Waals surface area contributed by atoms with Crippen LogP contribution < -0.4 is 5.32 Å². The second-order valence-corrected chi connectivity index (χ2v) is 4.67. The minimum atomic E-state index is -0.902. The van der Waals surface area contributed by atoms with Crippen LogP contribution in [0.3, 0.4) is 0 Å². The minimum Gasteiger partial charge on any atom is -0.478 e. The van der Waals surface area contributed by atoms with Gasteiger partial charge in [-0.15, -0.1) is 0 Å². The molecule has 0 amide bonds. The Kier molecular flexibility index (Phi) is 3.85. The van der Waals surface area contributed by atoms with Crippen LogP contribution in [0.15, 0.2) is 42.5 Å². The SMILES string of the molecule is Cc1ccc(C)c(CNc2ccc(C(=O)O)cc2)c1. The average molecular weight is 255 g/mol. The summed E-state index contributed by atoms with van der Waals surface area (Å²) in [5, 5.41) is 12.1. The van der Waals surface area contributed by atoms with Crippen molar-refractivity contribution in [2.45, 2.75) is 20.4 Å². The van der Waals surface area contributed by atoms with E-state index in [9.17, 15) is 4.79 Å². The number of carbonyl (C=O) groups is 1. The molecule has 19 heavy (non-hydrogen) atoms. The summed E-state index contributed by atoms with van der Waals surface area (Å²) in [4.78, 5) is 10.8. The first-order chi connectivity index (χ1) is 9.06. The largest absolute Gasteiger partial charge is 0.478 e. The monoisotopic (exact) mass is 255 g/mol. The molecular weight excluding hydrogens is 238 g/mol. The predicted octanol–water partition coefficient (Wildman–Crippen LogP) is 3.61. The zero-order valence-corrected chi connectivity index (χ0v) is 11.1. The number of carboxylic acid groups (broad SMARTS) is 1. The average Bonchev–Trinajstić information content (AvgIpc) is 2.40. The molecule has 3 nitrogen and oxygen atoms in total. The predicted molar refractivity (Wildman–Crippen MR) is 76.6 cm³/mol. The van der Waals surface area contributed by atoms with Gasteiger partial charge in [-0.05, 0) is 49.2 Å². The highest BCUT2D eigenvalue weighted by atomic mass is 16.4. The quantitative estimate of drug-likeness (QED) is 0.877. The van der Waals surface area contributed by atoms with Crippen molar-refractivity contribution in [2.75, 3.05) is 5.32 Å². The summed E-state index contributed by atoms with van der Waals surface area (Å²) in [7, 11) is 0. The van der Waals surface area contributed by atoms with Crippen molar-refractivity contribution >= 4 is 11.7 Å². The molecule has 0 aliphatic rings. The van der Waals surface area contributed by atoms with E-state index in [0.717, 1.165) is 12.2 Å². The second kappa shape index (κ2) is 5.57. The van der Waals surface area contributed by atoms with Gasteiger partial charge < -0.3 is 10.4 Å². The van der Waals surface area contributed by atoms with Crippen molar-refractivity contribution in [3.8, 4) is 0 Å². The van der Waals surface area contributed by atoms with E-state index in [0.29, 0.717) is 5.56 Å². The fraction of sp³-hybridized carbons (Fsp3) is 0.188. The van der Waals surface area contributed by atoms with Crippen molar-refractivity contribution in [1.82, 2.24) is 0 Å². The normalized spacial score (nSPS) is 10.2. The smallest absolute Gasteiger partial charge is 0.335 e. The Balaban J connectivity index is 2.06. The maximum absolute atomic E-state index is 10.8. The molecule has 0 spiro atoms. The van der Waals surface area contributed by atoms with E-state index < -0.39 is 5.97 Å². The molecule has 0 heterocycles. The molecule has 2 aromatic carbocycles. The molecule has 0 aliphatic carbocycles. The van der Waals surface area contributed by atoms with Crippen molar-refractivity contribution in [3.05, 3.63) is 64.7 Å². The Morgan fingerprint density at radius 3 is 2.42 bits per heavy atom. The van der Waals surface area contributed by atoms with Crippen LogP contribution in [0.1, 0.15) is 27.0 Å². The van der Waals surface area contributed by atoms with Gasteiger partial charge in [0.15, 0.2) is 0 Å². The van der Waals surface area contributed by atoms with Crippen LogP contribution in [0.4, 0.5) is 5.69 Å². The molecule has 0 saturated carbocycles. The highest BCUT2D eigenvalue weighted by molar-refractivity contribution is 5.87. The van der Waals surface area contributed by atoms with Crippen molar-refractivity contribution in [3.63, 3.8) is 0 Å². The van der Waals surface area contributed by atoms with Gasteiger partial charge in [-0.2, -0.15) is 0 Å². The van der Waals surface area contributed by atoms with Crippen molar-refractivity contribution in [2.24, 2.45) is 0 Å². The van der Waals surface area contributed by atoms with Gasteiger partial charge in [0.25, 0.3) is 0 Å². The highest BCUT2D eigenvalue weighted by Gasteiger charge is 2.02. The van der Waals surface area contributed by atoms with E-state index in [2.05, 4.69) is 37.4 Å². The minimum absolute atomic E-state index is 0.303. The summed E-state index contributed by atoms with van der Waals surface area (Å²) in [6, 6.07) is 13.2. The third-order valence-corrected chi connectivity index (χ3v) is 3.12. The van der Waals surface area contributed by atoms with Crippen molar-refractivity contribution < 1.29 is 9.90 Å². The molecule has 0 atom stereocenters. The van der Waals surface area contributed by atoms with Gasteiger partial charge in [-0.1, -0.05) is 23.8 Å². The van der Waals surface area contributed by atoms with Gasteiger partial charge in [-0.3, -0.25) is 0 Å². The summed E-state index contributed by atoms with van der Waals surface area (Å²) in [6.07, 6.45) is 0.